The maximum absolute atomic E-state index is 12.0. The van der Waals surface area contributed by atoms with E-state index in [2.05, 4.69) is 16.8 Å². The molecule has 2 aliphatic heterocycles. The van der Waals surface area contributed by atoms with Crippen LogP contribution in [0.1, 0.15) is 6.92 Å². The molecule has 0 bridgehead atoms. The number of rotatable bonds is 2. The molecule has 1 aromatic heterocycles. The van der Waals surface area contributed by atoms with Crippen LogP contribution < -0.4 is 4.90 Å². The Kier molecular flexibility index (Phi) is 4.13. The molecule has 122 valence electrons. The van der Waals surface area contributed by atoms with Crippen LogP contribution in [0.15, 0.2) is 24.4 Å². The average molecular weight is 325 g/mol. The fraction of sp³-hybridized carbons (Fsp3) is 0.667. The lowest BCUT2D eigenvalue weighted by atomic mass is 9.80. The Morgan fingerprint density at radius 2 is 2.18 bits per heavy atom. The summed E-state index contributed by atoms with van der Waals surface area (Å²) in [4.78, 5) is 6.65. The minimum absolute atomic E-state index is 0.170. The van der Waals surface area contributed by atoms with Gasteiger partial charge in [-0.2, -0.15) is 4.31 Å². The van der Waals surface area contributed by atoms with Gasteiger partial charge in [0, 0.05) is 37.8 Å². The van der Waals surface area contributed by atoms with Crippen molar-refractivity contribution >= 4 is 15.8 Å². The van der Waals surface area contributed by atoms with Gasteiger partial charge in [-0.15, -0.1) is 0 Å². The van der Waals surface area contributed by atoms with E-state index in [0.29, 0.717) is 32.2 Å². The van der Waals surface area contributed by atoms with E-state index in [0.717, 1.165) is 18.9 Å². The predicted octanol–water partition coefficient (Wildman–Crippen LogP) is 0.816. The van der Waals surface area contributed by atoms with Crippen molar-refractivity contribution in [3.63, 3.8) is 0 Å². The molecule has 0 saturated carbocycles. The van der Waals surface area contributed by atoms with Crippen LogP contribution in [0.25, 0.3) is 0 Å². The van der Waals surface area contributed by atoms with Gasteiger partial charge in [-0.05, 0) is 18.1 Å². The summed E-state index contributed by atoms with van der Waals surface area (Å²) >= 11 is 0. The molecular formula is C15H23N3O3S. The molecule has 0 N–H and O–H groups in total. The van der Waals surface area contributed by atoms with E-state index in [1.54, 1.807) is 10.5 Å². The highest BCUT2D eigenvalue weighted by atomic mass is 32.2. The third-order valence-electron chi connectivity index (χ3n) is 4.85. The van der Waals surface area contributed by atoms with Gasteiger partial charge in [0.15, 0.2) is 0 Å². The smallest absolute Gasteiger partial charge is 0.211 e. The van der Waals surface area contributed by atoms with E-state index in [-0.39, 0.29) is 5.41 Å². The second kappa shape index (κ2) is 5.79. The molecule has 0 unspecified atom stereocenters. The van der Waals surface area contributed by atoms with Crippen molar-refractivity contribution in [2.24, 2.45) is 11.3 Å². The molecule has 1 spiro atoms. The van der Waals surface area contributed by atoms with Gasteiger partial charge in [0.2, 0.25) is 10.0 Å². The van der Waals surface area contributed by atoms with Gasteiger partial charge in [0.1, 0.15) is 5.82 Å². The maximum atomic E-state index is 12.0. The average Bonchev–Trinajstić information content (AvgIpc) is 2.66. The molecule has 0 radical (unpaired) electrons. The van der Waals surface area contributed by atoms with E-state index in [1.807, 2.05) is 18.2 Å². The van der Waals surface area contributed by atoms with Gasteiger partial charge in [0.05, 0.1) is 19.5 Å². The molecule has 2 saturated heterocycles. The Bertz CT molecular complexity index is 622. The number of pyridine rings is 1. The number of ether oxygens (including phenoxy) is 1. The van der Waals surface area contributed by atoms with Gasteiger partial charge in [-0.25, -0.2) is 13.4 Å². The van der Waals surface area contributed by atoms with Crippen LogP contribution in [-0.2, 0) is 14.8 Å². The van der Waals surface area contributed by atoms with Gasteiger partial charge < -0.3 is 9.64 Å². The third-order valence-corrected chi connectivity index (χ3v) is 6.10. The zero-order chi connectivity index (χ0) is 15.8. The Balaban J connectivity index is 1.85. The number of aromatic nitrogens is 1. The normalized spacial score (nSPS) is 30.6. The van der Waals surface area contributed by atoms with Crippen molar-refractivity contribution in [3.05, 3.63) is 24.4 Å². The SMILES string of the molecule is C[C@H]1CN(c2ccccn2)C[C@@]12COCCN(S(C)(=O)=O)C2. The minimum atomic E-state index is -3.20. The van der Waals surface area contributed by atoms with E-state index in [9.17, 15) is 8.42 Å². The van der Waals surface area contributed by atoms with Gasteiger partial charge in [-0.3, -0.25) is 0 Å². The lowest BCUT2D eigenvalue weighted by Crippen LogP contribution is -2.45. The third kappa shape index (κ3) is 2.98. The van der Waals surface area contributed by atoms with Crippen molar-refractivity contribution in [2.75, 3.05) is 50.5 Å². The summed E-state index contributed by atoms with van der Waals surface area (Å²) in [6, 6.07) is 5.88. The van der Waals surface area contributed by atoms with Crippen LogP contribution in [0, 0.1) is 11.3 Å². The van der Waals surface area contributed by atoms with E-state index in [1.165, 1.54) is 6.26 Å². The summed E-state index contributed by atoms with van der Waals surface area (Å²) in [6.45, 7) is 5.86. The second-order valence-electron chi connectivity index (χ2n) is 6.48. The highest BCUT2D eigenvalue weighted by Crippen LogP contribution is 2.40. The van der Waals surface area contributed by atoms with Crippen molar-refractivity contribution in [1.82, 2.24) is 9.29 Å². The fourth-order valence-corrected chi connectivity index (χ4v) is 4.33. The molecule has 0 aliphatic carbocycles. The number of nitrogens with zero attached hydrogens (tertiary/aromatic N) is 3. The molecule has 2 atom stereocenters. The Hall–Kier alpha value is -1.18. The first kappa shape index (κ1) is 15.7. The van der Waals surface area contributed by atoms with Crippen LogP contribution in [0.2, 0.25) is 0 Å². The summed E-state index contributed by atoms with van der Waals surface area (Å²) in [6.07, 6.45) is 3.07. The summed E-state index contributed by atoms with van der Waals surface area (Å²) in [5.41, 5.74) is -0.170. The molecule has 0 amide bonds. The lowest BCUT2D eigenvalue weighted by molar-refractivity contribution is 0.0582. The second-order valence-corrected chi connectivity index (χ2v) is 8.46. The van der Waals surface area contributed by atoms with Crippen molar-refractivity contribution in [1.29, 1.82) is 0 Å². The van der Waals surface area contributed by atoms with E-state index < -0.39 is 10.0 Å². The first-order valence-corrected chi connectivity index (χ1v) is 9.44. The van der Waals surface area contributed by atoms with E-state index >= 15 is 0 Å². The summed E-state index contributed by atoms with van der Waals surface area (Å²) in [5, 5.41) is 0. The van der Waals surface area contributed by atoms with Crippen LogP contribution in [-0.4, -0.2) is 63.4 Å². The molecule has 1 aromatic rings. The number of sulfonamides is 1. The molecule has 6 nitrogen and oxygen atoms in total. The highest BCUT2D eigenvalue weighted by Gasteiger charge is 2.48. The highest BCUT2D eigenvalue weighted by molar-refractivity contribution is 7.88. The quantitative estimate of drug-likeness (QED) is 0.805. The molecule has 7 heteroatoms. The van der Waals surface area contributed by atoms with Crippen LogP contribution in [0.3, 0.4) is 0 Å². The van der Waals surface area contributed by atoms with Crippen molar-refractivity contribution in [2.45, 2.75) is 6.92 Å². The Morgan fingerprint density at radius 1 is 1.36 bits per heavy atom. The number of hydrogen-bond donors (Lipinski definition) is 0. The fourth-order valence-electron chi connectivity index (χ4n) is 3.43. The molecule has 2 aliphatic rings. The maximum Gasteiger partial charge on any atom is 0.211 e. The van der Waals surface area contributed by atoms with E-state index in [4.69, 9.17) is 4.74 Å². The summed E-state index contributed by atoms with van der Waals surface area (Å²) < 4.78 is 31.3. The summed E-state index contributed by atoms with van der Waals surface area (Å²) in [7, 11) is -3.20. The molecule has 22 heavy (non-hydrogen) atoms. The standard InChI is InChI=1S/C15H23N3O3S/c1-13-9-17(14-5-3-4-6-16-14)10-15(13)11-18(22(2,19)20)7-8-21-12-15/h3-6,13H,7-12H2,1-2H3/t13-,15+/m0/s1. The Morgan fingerprint density at radius 3 is 2.86 bits per heavy atom. The Labute approximate surface area is 132 Å². The van der Waals surface area contributed by atoms with Gasteiger partial charge in [0.25, 0.3) is 0 Å². The predicted molar refractivity (Wildman–Crippen MR) is 85.3 cm³/mol. The molecule has 3 rings (SSSR count). The van der Waals surface area contributed by atoms with Crippen molar-refractivity contribution in [3.8, 4) is 0 Å². The van der Waals surface area contributed by atoms with Crippen LogP contribution in [0.5, 0.6) is 0 Å². The zero-order valence-electron chi connectivity index (χ0n) is 13.1. The topological polar surface area (TPSA) is 62.7 Å². The molecule has 3 heterocycles. The van der Waals surface area contributed by atoms with Gasteiger partial charge in [-0.1, -0.05) is 13.0 Å². The molecular weight excluding hydrogens is 302 g/mol. The number of anilines is 1. The van der Waals surface area contributed by atoms with Crippen LogP contribution >= 0.6 is 0 Å². The van der Waals surface area contributed by atoms with Crippen molar-refractivity contribution < 1.29 is 13.2 Å². The molecule has 2 fully saturated rings. The zero-order valence-corrected chi connectivity index (χ0v) is 13.9. The minimum Gasteiger partial charge on any atom is -0.379 e. The van der Waals surface area contributed by atoms with Gasteiger partial charge >= 0.3 is 0 Å². The first-order valence-electron chi connectivity index (χ1n) is 7.60. The van der Waals surface area contributed by atoms with Crippen LogP contribution in [0.4, 0.5) is 5.82 Å². The molecule has 0 aromatic carbocycles. The lowest BCUT2D eigenvalue weighted by Gasteiger charge is -2.33. The first-order chi connectivity index (χ1) is 10.4. The number of hydrogen-bond acceptors (Lipinski definition) is 5. The summed E-state index contributed by atoms with van der Waals surface area (Å²) in [5.74, 6) is 1.29. The largest absolute Gasteiger partial charge is 0.379 e. The monoisotopic (exact) mass is 325 g/mol.